The predicted molar refractivity (Wildman–Crippen MR) is 74.7 cm³/mol. The van der Waals surface area contributed by atoms with E-state index >= 15 is 0 Å². The molecule has 0 aliphatic carbocycles. The lowest BCUT2D eigenvalue weighted by Crippen LogP contribution is -2.29. The monoisotopic (exact) mass is 255 g/mol. The number of rotatable bonds is 6. The van der Waals surface area contributed by atoms with Crippen molar-refractivity contribution in [3.8, 4) is 0 Å². The van der Waals surface area contributed by atoms with Gasteiger partial charge >= 0.3 is 0 Å². The molecule has 1 N–H and O–H groups in total. The third-order valence-electron chi connectivity index (χ3n) is 3.17. The van der Waals surface area contributed by atoms with Crippen LogP contribution in [-0.4, -0.2) is 18.2 Å². The van der Waals surface area contributed by atoms with Crippen molar-refractivity contribution in [3.63, 3.8) is 0 Å². The van der Waals surface area contributed by atoms with Crippen molar-refractivity contribution in [3.05, 3.63) is 28.8 Å². The van der Waals surface area contributed by atoms with E-state index in [0.717, 1.165) is 35.8 Å². The second kappa shape index (κ2) is 6.87. The van der Waals surface area contributed by atoms with Crippen LogP contribution in [0.2, 0.25) is 5.02 Å². The van der Waals surface area contributed by atoms with Crippen LogP contribution in [0.5, 0.6) is 0 Å². The minimum atomic E-state index is 0.0590. The van der Waals surface area contributed by atoms with Crippen LogP contribution in [0.1, 0.15) is 32.8 Å². The summed E-state index contributed by atoms with van der Waals surface area (Å²) in [6, 6.07) is 5.67. The molecule has 1 aromatic rings. The number of nitrogens with zero attached hydrogens (tertiary/aromatic N) is 1. The Morgan fingerprint density at radius 3 is 2.59 bits per heavy atom. The normalized spacial score (nSPS) is 12.5. The van der Waals surface area contributed by atoms with Gasteiger partial charge in [0.05, 0.1) is 6.61 Å². The predicted octanol–water partition coefficient (Wildman–Crippen LogP) is 3.70. The molecule has 0 bridgehead atoms. The molecule has 0 amide bonds. The standard InChI is InChI=1S/C14H22ClNO/c1-4-11(3)9-16(5-2)14-8-13(15)7-6-12(14)10-17/h6-8,11,17H,4-5,9-10H2,1-3H3. The lowest BCUT2D eigenvalue weighted by atomic mass is 10.1. The number of aliphatic hydroxyl groups excluding tert-OH is 1. The quantitative estimate of drug-likeness (QED) is 0.838. The molecule has 0 aromatic heterocycles. The van der Waals surface area contributed by atoms with Crippen LogP contribution in [0, 0.1) is 5.92 Å². The molecule has 96 valence electrons. The highest BCUT2D eigenvalue weighted by Gasteiger charge is 2.12. The van der Waals surface area contributed by atoms with Gasteiger partial charge in [0.1, 0.15) is 0 Å². The maximum atomic E-state index is 9.38. The highest BCUT2D eigenvalue weighted by Crippen LogP contribution is 2.26. The van der Waals surface area contributed by atoms with Crippen molar-refractivity contribution in [1.82, 2.24) is 0 Å². The molecular formula is C14H22ClNO. The average Bonchev–Trinajstić information content (AvgIpc) is 2.35. The first-order valence-corrected chi connectivity index (χ1v) is 6.64. The van der Waals surface area contributed by atoms with E-state index in [1.165, 1.54) is 0 Å². The number of halogens is 1. The van der Waals surface area contributed by atoms with Gasteiger partial charge in [0.2, 0.25) is 0 Å². The van der Waals surface area contributed by atoms with Crippen molar-refractivity contribution in [2.24, 2.45) is 5.92 Å². The van der Waals surface area contributed by atoms with E-state index < -0.39 is 0 Å². The van der Waals surface area contributed by atoms with Gasteiger partial charge in [0, 0.05) is 29.4 Å². The summed E-state index contributed by atoms with van der Waals surface area (Å²) in [5.41, 5.74) is 2.00. The zero-order valence-electron chi connectivity index (χ0n) is 10.9. The van der Waals surface area contributed by atoms with E-state index in [1.807, 2.05) is 18.2 Å². The van der Waals surface area contributed by atoms with E-state index in [1.54, 1.807) is 0 Å². The molecular weight excluding hydrogens is 234 g/mol. The van der Waals surface area contributed by atoms with Gasteiger partial charge in [-0.1, -0.05) is 37.9 Å². The molecule has 1 atom stereocenters. The molecule has 0 radical (unpaired) electrons. The van der Waals surface area contributed by atoms with Gasteiger partial charge in [-0.3, -0.25) is 0 Å². The minimum Gasteiger partial charge on any atom is -0.392 e. The number of benzene rings is 1. The summed E-state index contributed by atoms with van der Waals surface area (Å²) in [5, 5.41) is 10.1. The molecule has 17 heavy (non-hydrogen) atoms. The number of hydrogen-bond acceptors (Lipinski definition) is 2. The first kappa shape index (κ1) is 14.3. The Bertz CT molecular complexity index is 354. The zero-order valence-corrected chi connectivity index (χ0v) is 11.7. The number of aliphatic hydroxyl groups is 1. The maximum Gasteiger partial charge on any atom is 0.0702 e. The van der Waals surface area contributed by atoms with E-state index in [2.05, 4.69) is 25.7 Å². The van der Waals surface area contributed by atoms with Gasteiger partial charge in [-0.25, -0.2) is 0 Å². The molecule has 2 nitrogen and oxygen atoms in total. The molecule has 0 aliphatic rings. The highest BCUT2D eigenvalue weighted by molar-refractivity contribution is 6.30. The SMILES string of the molecule is CCC(C)CN(CC)c1cc(Cl)ccc1CO. The molecule has 1 rings (SSSR count). The van der Waals surface area contributed by atoms with Crippen LogP contribution in [0.3, 0.4) is 0 Å². The molecule has 1 aromatic carbocycles. The summed E-state index contributed by atoms with van der Waals surface area (Å²) in [4.78, 5) is 2.28. The maximum absolute atomic E-state index is 9.38. The van der Waals surface area contributed by atoms with Gasteiger partial charge in [-0.05, 0) is 25.0 Å². The molecule has 0 saturated heterocycles. The Balaban J connectivity index is 2.97. The Labute approximate surface area is 109 Å². The third kappa shape index (κ3) is 3.90. The third-order valence-corrected chi connectivity index (χ3v) is 3.40. The van der Waals surface area contributed by atoms with E-state index in [-0.39, 0.29) is 6.61 Å². The summed E-state index contributed by atoms with van der Waals surface area (Å²) < 4.78 is 0. The number of hydrogen-bond donors (Lipinski definition) is 1. The Morgan fingerprint density at radius 2 is 2.06 bits per heavy atom. The first-order valence-electron chi connectivity index (χ1n) is 6.26. The summed E-state index contributed by atoms with van der Waals surface area (Å²) in [5.74, 6) is 0.639. The van der Waals surface area contributed by atoms with Gasteiger partial charge in [-0.15, -0.1) is 0 Å². The van der Waals surface area contributed by atoms with Crippen LogP contribution in [0.15, 0.2) is 18.2 Å². The van der Waals surface area contributed by atoms with Crippen LogP contribution in [0.25, 0.3) is 0 Å². The highest BCUT2D eigenvalue weighted by atomic mass is 35.5. The fourth-order valence-corrected chi connectivity index (χ4v) is 2.03. The minimum absolute atomic E-state index is 0.0590. The second-order valence-electron chi connectivity index (χ2n) is 4.48. The van der Waals surface area contributed by atoms with Crippen LogP contribution in [-0.2, 0) is 6.61 Å². The van der Waals surface area contributed by atoms with Crippen molar-refractivity contribution in [2.75, 3.05) is 18.0 Å². The molecule has 0 saturated carbocycles. The molecule has 0 aliphatic heterocycles. The van der Waals surface area contributed by atoms with Gasteiger partial charge < -0.3 is 10.0 Å². The summed E-state index contributed by atoms with van der Waals surface area (Å²) in [7, 11) is 0. The number of anilines is 1. The largest absolute Gasteiger partial charge is 0.392 e. The molecule has 0 spiro atoms. The van der Waals surface area contributed by atoms with Crippen molar-refractivity contribution in [1.29, 1.82) is 0 Å². The van der Waals surface area contributed by atoms with Crippen LogP contribution < -0.4 is 4.90 Å². The van der Waals surface area contributed by atoms with Gasteiger partial charge in [-0.2, -0.15) is 0 Å². The van der Waals surface area contributed by atoms with Gasteiger partial charge in [0.25, 0.3) is 0 Å². The lowest BCUT2D eigenvalue weighted by Gasteiger charge is -2.28. The topological polar surface area (TPSA) is 23.5 Å². The average molecular weight is 256 g/mol. The Hall–Kier alpha value is -0.730. The molecule has 3 heteroatoms. The van der Waals surface area contributed by atoms with Crippen molar-refractivity contribution < 1.29 is 5.11 Å². The Kier molecular flexibility index (Phi) is 5.79. The van der Waals surface area contributed by atoms with Gasteiger partial charge in [0.15, 0.2) is 0 Å². The molecule has 1 unspecified atom stereocenters. The van der Waals surface area contributed by atoms with Crippen molar-refractivity contribution in [2.45, 2.75) is 33.8 Å². The molecule has 0 fully saturated rings. The zero-order chi connectivity index (χ0) is 12.8. The summed E-state index contributed by atoms with van der Waals surface area (Å²) in [6.07, 6.45) is 1.16. The fraction of sp³-hybridized carbons (Fsp3) is 0.571. The first-order chi connectivity index (χ1) is 8.12. The van der Waals surface area contributed by atoms with E-state index in [0.29, 0.717) is 5.92 Å². The van der Waals surface area contributed by atoms with E-state index in [9.17, 15) is 5.11 Å². The van der Waals surface area contributed by atoms with E-state index in [4.69, 9.17) is 11.6 Å². The van der Waals surface area contributed by atoms with Crippen LogP contribution in [0.4, 0.5) is 5.69 Å². The Morgan fingerprint density at radius 1 is 1.35 bits per heavy atom. The lowest BCUT2D eigenvalue weighted by molar-refractivity contribution is 0.282. The van der Waals surface area contributed by atoms with Crippen molar-refractivity contribution >= 4 is 17.3 Å². The summed E-state index contributed by atoms with van der Waals surface area (Å²) in [6.45, 7) is 8.56. The molecule has 0 heterocycles. The smallest absolute Gasteiger partial charge is 0.0702 e. The fourth-order valence-electron chi connectivity index (χ4n) is 1.87. The van der Waals surface area contributed by atoms with Crippen LogP contribution >= 0.6 is 11.6 Å². The second-order valence-corrected chi connectivity index (χ2v) is 4.92. The summed E-state index contributed by atoms with van der Waals surface area (Å²) >= 11 is 6.04.